The number of hydrogen-bond donors (Lipinski definition) is 1. The van der Waals surface area contributed by atoms with Crippen molar-refractivity contribution in [3.63, 3.8) is 0 Å². The van der Waals surface area contributed by atoms with E-state index in [0.29, 0.717) is 11.6 Å². The molecule has 0 amide bonds. The zero-order valence-electron chi connectivity index (χ0n) is 13.1. The third-order valence-corrected chi connectivity index (χ3v) is 4.56. The van der Waals surface area contributed by atoms with Crippen molar-refractivity contribution in [3.05, 3.63) is 65.3 Å². The topological polar surface area (TPSA) is 50.7 Å². The normalized spacial score (nSPS) is 11.0. The molecule has 0 saturated heterocycles. The molecule has 0 radical (unpaired) electrons. The van der Waals surface area contributed by atoms with Crippen LogP contribution in [-0.2, 0) is 0 Å². The minimum absolute atomic E-state index is 0.155. The molecule has 4 rings (SSSR count). The second-order valence-electron chi connectivity index (χ2n) is 5.46. The van der Waals surface area contributed by atoms with E-state index >= 15 is 0 Å². The van der Waals surface area contributed by atoms with Crippen LogP contribution >= 0.6 is 11.3 Å². The predicted octanol–water partition coefficient (Wildman–Crippen LogP) is 5.08. The summed E-state index contributed by atoms with van der Waals surface area (Å²) in [7, 11) is 0. The molecule has 4 nitrogen and oxygen atoms in total. The Hall–Kier alpha value is -2.93. The van der Waals surface area contributed by atoms with Crippen LogP contribution in [0, 0.1) is 18.6 Å². The van der Waals surface area contributed by atoms with Crippen molar-refractivity contribution in [2.75, 3.05) is 5.32 Å². The van der Waals surface area contributed by atoms with E-state index in [2.05, 4.69) is 20.3 Å². The Labute approximate surface area is 146 Å². The van der Waals surface area contributed by atoms with Crippen molar-refractivity contribution in [1.29, 1.82) is 0 Å². The van der Waals surface area contributed by atoms with Gasteiger partial charge in [-0.25, -0.2) is 18.7 Å². The fourth-order valence-electron chi connectivity index (χ4n) is 2.48. The molecule has 0 aliphatic rings. The molecule has 4 aromatic rings. The number of nitrogens with zero attached hydrogens (tertiary/aromatic N) is 3. The number of benzene rings is 1. The van der Waals surface area contributed by atoms with Crippen molar-refractivity contribution in [2.24, 2.45) is 0 Å². The summed E-state index contributed by atoms with van der Waals surface area (Å²) in [4.78, 5) is 15.0. The van der Waals surface area contributed by atoms with E-state index in [1.165, 1.54) is 23.5 Å². The molecule has 3 aromatic heterocycles. The largest absolute Gasteiger partial charge is 0.337 e. The molecule has 0 fully saturated rings. The molecule has 0 bridgehead atoms. The monoisotopic (exact) mass is 354 g/mol. The molecular formula is C18H12F2N4S. The predicted molar refractivity (Wildman–Crippen MR) is 95.0 cm³/mol. The van der Waals surface area contributed by atoms with E-state index in [0.717, 1.165) is 26.7 Å². The number of fused-ring (bicyclic) bond motifs is 1. The Morgan fingerprint density at radius 2 is 1.96 bits per heavy atom. The van der Waals surface area contributed by atoms with E-state index in [4.69, 9.17) is 0 Å². The van der Waals surface area contributed by atoms with Gasteiger partial charge in [-0.05, 0) is 37.3 Å². The highest BCUT2D eigenvalue weighted by molar-refractivity contribution is 7.18. The van der Waals surface area contributed by atoms with Gasteiger partial charge in [0.05, 0.1) is 11.1 Å². The molecule has 1 N–H and O–H groups in total. The molecule has 0 unspecified atom stereocenters. The van der Waals surface area contributed by atoms with Gasteiger partial charge in [0.25, 0.3) is 0 Å². The van der Waals surface area contributed by atoms with Crippen LogP contribution in [0.25, 0.3) is 21.6 Å². The first kappa shape index (κ1) is 15.6. The first-order chi connectivity index (χ1) is 12.1. The zero-order valence-corrected chi connectivity index (χ0v) is 13.9. The van der Waals surface area contributed by atoms with E-state index in [-0.39, 0.29) is 5.69 Å². The van der Waals surface area contributed by atoms with Crippen LogP contribution in [0.3, 0.4) is 0 Å². The van der Waals surface area contributed by atoms with Crippen LogP contribution in [-0.4, -0.2) is 15.0 Å². The van der Waals surface area contributed by atoms with Crippen LogP contribution < -0.4 is 5.32 Å². The number of hydrogen-bond acceptors (Lipinski definition) is 5. The average molecular weight is 354 g/mol. The third kappa shape index (κ3) is 3.06. The first-order valence-corrected chi connectivity index (χ1v) is 8.32. The molecule has 7 heteroatoms. The number of pyridine rings is 1. The summed E-state index contributed by atoms with van der Waals surface area (Å²) in [6.45, 7) is 1.97. The van der Waals surface area contributed by atoms with Crippen LogP contribution in [0.1, 0.15) is 4.88 Å². The highest BCUT2D eigenvalue weighted by Crippen LogP contribution is 2.33. The van der Waals surface area contributed by atoms with Gasteiger partial charge in [-0.1, -0.05) is 0 Å². The molecule has 3 heterocycles. The average Bonchev–Trinajstić information content (AvgIpc) is 2.98. The van der Waals surface area contributed by atoms with Crippen molar-refractivity contribution in [1.82, 2.24) is 15.0 Å². The van der Waals surface area contributed by atoms with E-state index in [1.54, 1.807) is 18.5 Å². The number of aromatic nitrogens is 3. The Kier molecular flexibility index (Phi) is 3.85. The van der Waals surface area contributed by atoms with Gasteiger partial charge >= 0.3 is 0 Å². The number of aryl methyl sites for hydroxylation is 1. The van der Waals surface area contributed by atoms with Gasteiger partial charge in [0.15, 0.2) is 5.82 Å². The Balaban J connectivity index is 1.86. The van der Waals surface area contributed by atoms with E-state index in [9.17, 15) is 8.78 Å². The van der Waals surface area contributed by atoms with Crippen LogP contribution in [0.15, 0.2) is 48.8 Å². The minimum atomic E-state index is -0.679. The molecule has 0 saturated carbocycles. The maximum atomic E-state index is 14.0. The van der Waals surface area contributed by atoms with E-state index in [1.807, 2.05) is 19.1 Å². The van der Waals surface area contributed by atoms with Gasteiger partial charge in [0.1, 0.15) is 22.3 Å². The quantitative estimate of drug-likeness (QED) is 0.557. The summed E-state index contributed by atoms with van der Waals surface area (Å²) in [5, 5.41) is 3.75. The summed E-state index contributed by atoms with van der Waals surface area (Å²) in [5.41, 5.74) is 0.917. The highest BCUT2D eigenvalue weighted by Gasteiger charge is 2.14. The van der Waals surface area contributed by atoms with Crippen molar-refractivity contribution < 1.29 is 8.78 Å². The molecule has 124 valence electrons. The lowest BCUT2D eigenvalue weighted by Crippen LogP contribution is -2.00. The number of halogens is 2. The lowest BCUT2D eigenvalue weighted by Gasteiger charge is -2.10. The lowest BCUT2D eigenvalue weighted by atomic mass is 10.2. The second-order valence-corrected chi connectivity index (χ2v) is 6.70. The molecule has 0 spiro atoms. The third-order valence-electron chi connectivity index (χ3n) is 3.62. The van der Waals surface area contributed by atoms with Gasteiger partial charge in [0, 0.05) is 28.9 Å². The molecular weight excluding hydrogens is 342 g/mol. The van der Waals surface area contributed by atoms with Crippen LogP contribution in [0.2, 0.25) is 0 Å². The number of anilines is 2. The summed E-state index contributed by atoms with van der Waals surface area (Å²) >= 11 is 1.53. The number of nitrogens with one attached hydrogen (secondary N) is 1. The first-order valence-electron chi connectivity index (χ1n) is 7.51. The number of thiophene rings is 1. The molecule has 1 aromatic carbocycles. The summed E-state index contributed by atoms with van der Waals surface area (Å²) < 4.78 is 27.1. The Bertz CT molecular complexity index is 1060. The maximum Gasteiger partial charge on any atom is 0.164 e. The van der Waals surface area contributed by atoms with Gasteiger partial charge in [-0.2, -0.15) is 0 Å². The smallest absolute Gasteiger partial charge is 0.164 e. The van der Waals surface area contributed by atoms with Crippen molar-refractivity contribution >= 4 is 33.1 Å². The van der Waals surface area contributed by atoms with Crippen molar-refractivity contribution in [2.45, 2.75) is 6.92 Å². The standard InChI is InChI=1S/C18H12F2N4S/c1-10-7-13-17(22-15-5-4-12(19)8-14(15)20)23-16(24-18(13)25-10)11-3-2-6-21-9-11/h2-9H,1H3,(H,22,23,24). The van der Waals surface area contributed by atoms with Gasteiger partial charge in [-0.3, -0.25) is 4.98 Å². The zero-order chi connectivity index (χ0) is 17.4. The van der Waals surface area contributed by atoms with Crippen molar-refractivity contribution in [3.8, 4) is 11.4 Å². The molecule has 0 atom stereocenters. The summed E-state index contributed by atoms with van der Waals surface area (Å²) in [6, 6.07) is 8.98. The minimum Gasteiger partial charge on any atom is -0.337 e. The number of rotatable bonds is 3. The van der Waals surface area contributed by atoms with Gasteiger partial charge < -0.3 is 5.32 Å². The van der Waals surface area contributed by atoms with E-state index < -0.39 is 11.6 Å². The maximum absolute atomic E-state index is 14.0. The molecule has 0 aliphatic carbocycles. The highest BCUT2D eigenvalue weighted by atomic mass is 32.1. The Morgan fingerprint density at radius 1 is 1.08 bits per heavy atom. The summed E-state index contributed by atoms with van der Waals surface area (Å²) in [6.07, 6.45) is 3.34. The summed E-state index contributed by atoms with van der Waals surface area (Å²) in [5.74, 6) is -0.342. The van der Waals surface area contributed by atoms with Gasteiger partial charge in [0.2, 0.25) is 0 Å². The fraction of sp³-hybridized carbons (Fsp3) is 0.0556. The van der Waals surface area contributed by atoms with Crippen LogP contribution in [0.4, 0.5) is 20.3 Å². The van der Waals surface area contributed by atoms with Gasteiger partial charge in [-0.15, -0.1) is 11.3 Å². The molecule has 0 aliphatic heterocycles. The lowest BCUT2D eigenvalue weighted by molar-refractivity contribution is 0.586. The second kappa shape index (κ2) is 6.18. The fourth-order valence-corrected chi connectivity index (χ4v) is 3.36. The van der Waals surface area contributed by atoms with Crippen LogP contribution in [0.5, 0.6) is 0 Å². The SMILES string of the molecule is Cc1cc2c(Nc3ccc(F)cc3F)nc(-c3cccnc3)nc2s1. The molecule has 25 heavy (non-hydrogen) atoms. The Morgan fingerprint density at radius 3 is 2.72 bits per heavy atom.